The van der Waals surface area contributed by atoms with Gasteiger partial charge in [0.2, 0.25) is 11.8 Å². The van der Waals surface area contributed by atoms with Crippen LogP contribution in [-0.2, 0) is 9.59 Å². The minimum atomic E-state index is -0.0480. The summed E-state index contributed by atoms with van der Waals surface area (Å²) in [6.07, 6.45) is 0.745. The van der Waals surface area contributed by atoms with Gasteiger partial charge in [0.25, 0.3) is 0 Å². The van der Waals surface area contributed by atoms with Gasteiger partial charge >= 0.3 is 0 Å². The summed E-state index contributed by atoms with van der Waals surface area (Å²) in [7, 11) is 0. The highest BCUT2D eigenvalue weighted by atomic mass is 79.9. The first-order valence-electron chi connectivity index (χ1n) is 6.22. The number of benzene rings is 2. The summed E-state index contributed by atoms with van der Waals surface area (Å²) in [5.74, 6) is -0.167. The second-order valence-electron chi connectivity index (χ2n) is 5.14. The topological polar surface area (TPSA) is 37.4 Å². The van der Waals surface area contributed by atoms with E-state index in [1.807, 2.05) is 36.4 Å². The summed E-state index contributed by atoms with van der Waals surface area (Å²) >= 11 is 3.43. The molecular weight excluding hydrogens is 306 g/mol. The maximum atomic E-state index is 12.0. The Morgan fingerprint density at radius 1 is 0.947 bits per heavy atom. The van der Waals surface area contributed by atoms with Gasteiger partial charge in [-0.25, -0.2) is 0 Å². The van der Waals surface area contributed by atoms with E-state index in [1.54, 1.807) is 0 Å². The SMILES string of the molecule is O=C1C2CC2C(=O)N1c1ccc2cc(Br)ccc2c1. The summed E-state index contributed by atoms with van der Waals surface area (Å²) in [4.78, 5) is 25.4. The Balaban J connectivity index is 1.82. The van der Waals surface area contributed by atoms with Crippen molar-refractivity contribution >= 4 is 44.2 Å². The number of imide groups is 1. The van der Waals surface area contributed by atoms with Crippen LogP contribution >= 0.6 is 15.9 Å². The minimum absolute atomic E-state index is 0.0357. The molecule has 0 aromatic heterocycles. The Hall–Kier alpha value is -1.68. The van der Waals surface area contributed by atoms with Crippen LogP contribution in [0, 0.1) is 11.8 Å². The third kappa shape index (κ3) is 1.56. The average Bonchev–Trinajstić information content (AvgIpc) is 3.14. The van der Waals surface area contributed by atoms with E-state index in [0.717, 1.165) is 21.7 Å². The second-order valence-corrected chi connectivity index (χ2v) is 6.05. The number of anilines is 1. The predicted molar refractivity (Wildman–Crippen MR) is 75.7 cm³/mol. The zero-order valence-corrected chi connectivity index (χ0v) is 11.6. The number of halogens is 1. The number of hydrogen-bond acceptors (Lipinski definition) is 2. The van der Waals surface area contributed by atoms with Crippen LogP contribution in [0.15, 0.2) is 40.9 Å². The lowest BCUT2D eigenvalue weighted by Crippen LogP contribution is -2.32. The minimum Gasteiger partial charge on any atom is -0.274 e. The molecule has 94 valence electrons. The van der Waals surface area contributed by atoms with Gasteiger partial charge in [0.15, 0.2) is 0 Å². The molecule has 1 heterocycles. The first kappa shape index (κ1) is 11.2. The van der Waals surface area contributed by atoms with Gasteiger partial charge in [-0.15, -0.1) is 0 Å². The third-order valence-corrected chi connectivity index (χ3v) is 4.40. The summed E-state index contributed by atoms with van der Waals surface area (Å²) in [6.45, 7) is 0. The van der Waals surface area contributed by atoms with Gasteiger partial charge in [-0.2, -0.15) is 0 Å². The lowest BCUT2D eigenvalue weighted by Gasteiger charge is -2.17. The summed E-state index contributed by atoms with van der Waals surface area (Å²) in [6, 6.07) is 11.6. The van der Waals surface area contributed by atoms with Gasteiger partial charge in [0, 0.05) is 4.47 Å². The molecule has 0 N–H and O–H groups in total. The van der Waals surface area contributed by atoms with Gasteiger partial charge in [0.05, 0.1) is 17.5 Å². The molecule has 19 heavy (non-hydrogen) atoms. The number of nitrogens with zero attached hydrogens (tertiary/aromatic N) is 1. The highest BCUT2D eigenvalue weighted by molar-refractivity contribution is 9.10. The molecule has 4 rings (SSSR count). The fourth-order valence-electron chi connectivity index (χ4n) is 2.78. The molecule has 1 aliphatic carbocycles. The van der Waals surface area contributed by atoms with Crippen LogP contribution in [-0.4, -0.2) is 11.8 Å². The van der Waals surface area contributed by atoms with E-state index in [1.165, 1.54) is 4.90 Å². The lowest BCUT2D eigenvalue weighted by atomic mass is 10.1. The molecule has 3 nitrogen and oxygen atoms in total. The highest BCUT2D eigenvalue weighted by Gasteiger charge is 2.59. The molecule has 0 radical (unpaired) electrons. The monoisotopic (exact) mass is 315 g/mol. The maximum absolute atomic E-state index is 12.0. The maximum Gasteiger partial charge on any atom is 0.237 e. The smallest absolute Gasteiger partial charge is 0.237 e. The molecule has 2 amide bonds. The van der Waals surface area contributed by atoms with Crippen molar-refractivity contribution in [1.29, 1.82) is 0 Å². The summed E-state index contributed by atoms with van der Waals surface area (Å²) in [5.41, 5.74) is 0.692. The van der Waals surface area contributed by atoms with Crippen molar-refractivity contribution in [3.63, 3.8) is 0 Å². The number of carbonyl (C=O) groups excluding carboxylic acids is 2. The number of carbonyl (C=O) groups is 2. The molecule has 2 atom stereocenters. The summed E-state index contributed by atoms with van der Waals surface area (Å²) < 4.78 is 1.02. The Morgan fingerprint density at radius 3 is 2.32 bits per heavy atom. The number of piperidine rings is 1. The molecule has 2 fully saturated rings. The number of fused-ring (bicyclic) bond motifs is 2. The van der Waals surface area contributed by atoms with E-state index in [-0.39, 0.29) is 23.7 Å². The Morgan fingerprint density at radius 2 is 1.58 bits per heavy atom. The predicted octanol–water partition coefficient (Wildman–Crippen LogP) is 3.11. The van der Waals surface area contributed by atoms with Crippen molar-refractivity contribution in [3.8, 4) is 0 Å². The van der Waals surface area contributed by atoms with Crippen molar-refractivity contribution in [2.45, 2.75) is 6.42 Å². The van der Waals surface area contributed by atoms with Gasteiger partial charge in [-0.3, -0.25) is 14.5 Å². The highest BCUT2D eigenvalue weighted by Crippen LogP contribution is 2.48. The molecule has 2 aromatic carbocycles. The normalized spacial score (nSPS) is 25.0. The zero-order chi connectivity index (χ0) is 13.1. The first-order chi connectivity index (χ1) is 9.15. The molecule has 2 unspecified atom stereocenters. The molecular formula is C15H10BrNO2. The quantitative estimate of drug-likeness (QED) is 0.758. The molecule has 1 aliphatic heterocycles. The number of amides is 2. The fourth-order valence-corrected chi connectivity index (χ4v) is 3.16. The summed E-state index contributed by atoms with van der Waals surface area (Å²) in [5, 5.41) is 2.12. The van der Waals surface area contributed by atoms with Crippen molar-refractivity contribution in [2.75, 3.05) is 4.90 Å². The molecule has 1 saturated heterocycles. The van der Waals surface area contributed by atoms with E-state index in [9.17, 15) is 9.59 Å². The lowest BCUT2D eigenvalue weighted by molar-refractivity contribution is -0.123. The van der Waals surface area contributed by atoms with E-state index in [4.69, 9.17) is 0 Å². The number of rotatable bonds is 1. The van der Waals surface area contributed by atoms with Crippen molar-refractivity contribution in [2.24, 2.45) is 11.8 Å². The van der Waals surface area contributed by atoms with E-state index in [0.29, 0.717) is 5.69 Å². The van der Waals surface area contributed by atoms with Crippen molar-refractivity contribution in [1.82, 2.24) is 0 Å². The third-order valence-electron chi connectivity index (χ3n) is 3.91. The van der Waals surface area contributed by atoms with Crippen molar-refractivity contribution in [3.05, 3.63) is 40.9 Å². The molecule has 1 saturated carbocycles. The van der Waals surface area contributed by atoms with Crippen LogP contribution < -0.4 is 4.90 Å². The molecule has 2 aliphatic rings. The molecule has 0 bridgehead atoms. The van der Waals surface area contributed by atoms with Gasteiger partial charge in [-0.1, -0.05) is 28.1 Å². The molecule has 0 spiro atoms. The Kier molecular flexibility index (Phi) is 2.16. The van der Waals surface area contributed by atoms with Gasteiger partial charge < -0.3 is 0 Å². The zero-order valence-electron chi connectivity index (χ0n) is 9.97. The van der Waals surface area contributed by atoms with Crippen LogP contribution in [0.25, 0.3) is 10.8 Å². The van der Waals surface area contributed by atoms with E-state index >= 15 is 0 Å². The van der Waals surface area contributed by atoms with Gasteiger partial charge in [0.1, 0.15) is 0 Å². The van der Waals surface area contributed by atoms with Crippen molar-refractivity contribution < 1.29 is 9.59 Å². The van der Waals surface area contributed by atoms with Crippen LogP contribution in [0.3, 0.4) is 0 Å². The Labute approximate surface area is 118 Å². The fraction of sp³-hybridized carbons (Fsp3) is 0.200. The first-order valence-corrected chi connectivity index (χ1v) is 7.01. The van der Waals surface area contributed by atoms with Crippen LogP contribution in [0.1, 0.15) is 6.42 Å². The number of hydrogen-bond donors (Lipinski definition) is 0. The van der Waals surface area contributed by atoms with Crippen LogP contribution in [0.4, 0.5) is 5.69 Å². The second kappa shape index (κ2) is 3.67. The Bertz CT molecular complexity index is 720. The van der Waals surface area contributed by atoms with E-state index < -0.39 is 0 Å². The van der Waals surface area contributed by atoms with E-state index in [2.05, 4.69) is 15.9 Å². The van der Waals surface area contributed by atoms with Crippen LogP contribution in [0.2, 0.25) is 0 Å². The average molecular weight is 316 g/mol. The van der Waals surface area contributed by atoms with Crippen LogP contribution in [0.5, 0.6) is 0 Å². The van der Waals surface area contributed by atoms with Gasteiger partial charge in [-0.05, 0) is 41.5 Å². The molecule has 4 heteroatoms. The molecule has 2 aromatic rings. The largest absolute Gasteiger partial charge is 0.274 e. The standard InChI is InChI=1S/C15H10BrNO2/c16-10-3-1-9-6-11(4-2-8(9)5-10)17-14(18)12-7-13(12)15(17)19/h1-6,12-13H,7H2.